The molecule has 0 aromatic rings. The monoisotopic (exact) mass is 219 g/mol. The average molecular weight is 219 g/mol. The normalized spacial score (nSPS) is 20.6. The summed E-state index contributed by atoms with van der Waals surface area (Å²) in [6, 6.07) is 0. The van der Waals surface area contributed by atoms with Crippen LogP contribution in [0.3, 0.4) is 0 Å². The molecule has 0 aromatic carbocycles. The highest BCUT2D eigenvalue weighted by atomic mass is 32.2. The summed E-state index contributed by atoms with van der Waals surface area (Å²) in [5.74, 6) is 0.384. The van der Waals surface area contributed by atoms with Gasteiger partial charge in [-0.05, 0) is 18.8 Å². The molecule has 0 saturated carbocycles. The van der Waals surface area contributed by atoms with Crippen LogP contribution in [-0.2, 0) is 14.8 Å². The molecule has 1 rings (SSSR count). The first-order valence-electron chi connectivity index (χ1n) is 4.59. The van der Waals surface area contributed by atoms with Crippen LogP contribution in [0, 0.1) is 5.92 Å². The van der Waals surface area contributed by atoms with Gasteiger partial charge in [0.15, 0.2) is 0 Å². The second-order valence-corrected chi connectivity index (χ2v) is 5.57. The van der Waals surface area contributed by atoms with Gasteiger partial charge in [-0.25, -0.2) is 12.7 Å². The van der Waals surface area contributed by atoms with E-state index in [1.165, 1.54) is 10.6 Å². The average Bonchev–Trinajstić information content (AvgIpc) is 2.14. The molecule has 14 heavy (non-hydrogen) atoms. The van der Waals surface area contributed by atoms with Gasteiger partial charge in [-0.2, -0.15) is 0 Å². The van der Waals surface area contributed by atoms with Gasteiger partial charge in [0, 0.05) is 19.6 Å². The first-order chi connectivity index (χ1) is 6.54. The Bertz CT molecular complexity index is 281. The van der Waals surface area contributed by atoms with E-state index in [0.717, 1.165) is 12.8 Å². The van der Waals surface area contributed by atoms with Gasteiger partial charge in [-0.1, -0.05) is 0 Å². The van der Waals surface area contributed by atoms with Crippen molar-refractivity contribution in [1.82, 2.24) is 9.62 Å². The van der Waals surface area contributed by atoms with E-state index < -0.39 is 10.0 Å². The van der Waals surface area contributed by atoms with E-state index >= 15 is 0 Å². The van der Waals surface area contributed by atoms with Crippen LogP contribution in [0.25, 0.3) is 0 Å². The SMILES string of the molecule is CS(=O)(=O)N1CCC(CN[C]=O)CC1. The van der Waals surface area contributed by atoms with Gasteiger partial charge in [-0.15, -0.1) is 0 Å². The fourth-order valence-corrected chi connectivity index (χ4v) is 2.51. The van der Waals surface area contributed by atoms with Gasteiger partial charge < -0.3 is 5.32 Å². The van der Waals surface area contributed by atoms with Gasteiger partial charge in [-0.3, -0.25) is 4.79 Å². The third-order valence-electron chi connectivity index (χ3n) is 2.51. The second-order valence-electron chi connectivity index (χ2n) is 3.59. The van der Waals surface area contributed by atoms with Crippen molar-refractivity contribution in [3.05, 3.63) is 0 Å². The molecule has 1 N–H and O–H groups in total. The van der Waals surface area contributed by atoms with Crippen LogP contribution in [0.5, 0.6) is 0 Å². The summed E-state index contributed by atoms with van der Waals surface area (Å²) in [5, 5.41) is 2.50. The van der Waals surface area contributed by atoms with Gasteiger partial charge in [0.2, 0.25) is 10.0 Å². The zero-order chi connectivity index (χ0) is 10.6. The molecule has 1 aliphatic heterocycles. The smallest absolute Gasteiger partial charge is 0.309 e. The van der Waals surface area contributed by atoms with Crippen molar-refractivity contribution in [2.75, 3.05) is 25.9 Å². The molecule has 1 heterocycles. The third kappa shape index (κ3) is 3.26. The van der Waals surface area contributed by atoms with Crippen LogP contribution < -0.4 is 5.32 Å². The van der Waals surface area contributed by atoms with Crippen LogP contribution in [0.15, 0.2) is 0 Å². The highest BCUT2D eigenvalue weighted by Gasteiger charge is 2.24. The van der Waals surface area contributed by atoms with E-state index in [2.05, 4.69) is 5.32 Å². The molecular formula is C8H15N2O3S. The Balaban J connectivity index is 2.35. The van der Waals surface area contributed by atoms with Gasteiger partial charge in [0.05, 0.1) is 6.26 Å². The maximum Gasteiger partial charge on any atom is 0.309 e. The summed E-state index contributed by atoms with van der Waals surface area (Å²) in [5.41, 5.74) is 0. The third-order valence-corrected chi connectivity index (χ3v) is 3.81. The van der Waals surface area contributed by atoms with E-state index in [-0.39, 0.29) is 0 Å². The summed E-state index contributed by atoms with van der Waals surface area (Å²) in [7, 11) is -3.03. The van der Waals surface area contributed by atoms with Crippen LogP contribution in [0.4, 0.5) is 0 Å². The predicted octanol–water partition coefficient (Wildman–Crippen LogP) is -0.685. The maximum absolute atomic E-state index is 11.2. The summed E-state index contributed by atoms with van der Waals surface area (Å²) in [6.45, 7) is 1.72. The lowest BCUT2D eigenvalue weighted by Crippen LogP contribution is -2.40. The van der Waals surface area contributed by atoms with Crippen molar-refractivity contribution >= 4 is 16.4 Å². The minimum absolute atomic E-state index is 0.384. The van der Waals surface area contributed by atoms with Gasteiger partial charge in [0.1, 0.15) is 0 Å². The van der Waals surface area contributed by atoms with E-state index in [0.29, 0.717) is 25.6 Å². The molecule has 0 aromatic heterocycles. The van der Waals surface area contributed by atoms with Crippen molar-refractivity contribution < 1.29 is 13.2 Å². The Morgan fingerprint density at radius 1 is 1.43 bits per heavy atom. The molecule has 1 amide bonds. The summed E-state index contributed by atoms with van der Waals surface area (Å²) >= 11 is 0. The fourth-order valence-electron chi connectivity index (χ4n) is 1.63. The summed E-state index contributed by atoms with van der Waals surface area (Å²) in [4.78, 5) is 9.93. The minimum atomic E-state index is -3.03. The van der Waals surface area contributed by atoms with Crippen LogP contribution >= 0.6 is 0 Å². The number of hydrogen-bond acceptors (Lipinski definition) is 3. The van der Waals surface area contributed by atoms with Crippen LogP contribution in [0.1, 0.15) is 12.8 Å². The number of rotatable bonds is 4. The van der Waals surface area contributed by atoms with Crippen LogP contribution in [-0.4, -0.2) is 45.0 Å². The minimum Gasteiger partial charge on any atom is -0.348 e. The van der Waals surface area contributed by atoms with E-state index in [1.807, 2.05) is 0 Å². The Morgan fingerprint density at radius 3 is 2.43 bits per heavy atom. The van der Waals surface area contributed by atoms with Crippen molar-refractivity contribution in [3.8, 4) is 0 Å². The van der Waals surface area contributed by atoms with Crippen molar-refractivity contribution in [3.63, 3.8) is 0 Å². The maximum atomic E-state index is 11.2. The first kappa shape index (κ1) is 11.5. The molecule has 0 atom stereocenters. The zero-order valence-corrected chi connectivity index (χ0v) is 9.01. The van der Waals surface area contributed by atoms with Crippen molar-refractivity contribution in [2.24, 2.45) is 5.92 Å². The number of nitrogens with zero attached hydrogens (tertiary/aromatic N) is 1. The number of amides is 1. The van der Waals surface area contributed by atoms with Gasteiger partial charge in [0.25, 0.3) is 0 Å². The highest BCUT2D eigenvalue weighted by Crippen LogP contribution is 2.17. The topological polar surface area (TPSA) is 66.5 Å². The lowest BCUT2D eigenvalue weighted by molar-refractivity contribution is 0.274. The lowest BCUT2D eigenvalue weighted by atomic mass is 9.98. The molecule has 0 aliphatic carbocycles. The van der Waals surface area contributed by atoms with E-state index in [4.69, 9.17) is 0 Å². The van der Waals surface area contributed by atoms with Gasteiger partial charge >= 0.3 is 6.41 Å². The zero-order valence-electron chi connectivity index (χ0n) is 8.19. The number of carbonyl (C=O) groups excluding carboxylic acids is 1. The number of piperidine rings is 1. The summed E-state index contributed by atoms with van der Waals surface area (Å²) in [6.07, 6.45) is 4.47. The van der Waals surface area contributed by atoms with E-state index in [9.17, 15) is 13.2 Å². The number of hydrogen-bond donors (Lipinski definition) is 1. The predicted molar refractivity (Wildman–Crippen MR) is 52.8 cm³/mol. The standard InChI is InChI=1S/C8H15N2O3S/c1-14(12,13)10-4-2-8(3-5-10)6-9-7-11/h8H,2-6H2,1H3,(H,9,11). The molecule has 1 radical (unpaired) electrons. The number of nitrogens with one attached hydrogen (secondary N) is 1. The first-order valence-corrected chi connectivity index (χ1v) is 6.44. The molecule has 1 fully saturated rings. The van der Waals surface area contributed by atoms with Crippen molar-refractivity contribution in [2.45, 2.75) is 12.8 Å². The molecule has 0 bridgehead atoms. The second kappa shape index (κ2) is 4.75. The van der Waals surface area contributed by atoms with Crippen molar-refractivity contribution in [1.29, 1.82) is 0 Å². The largest absolute Gasteiger partial charge is 0.348 e. The molecule has 0 spiro atoms. The molecule has 1 saturated heterocycles. The molecule has 81 valence electrons. The fraction of sp³-hybridized carbons (Fsp3) is 0.875. The quantitative estimate of drug-likeness (QED) is 0.637. The number of sulfonamides is 1. The van der Waals surface area contributed by atoms with Crippen LogP contribution in [0.2, 0.25) is 0 Å². The highest BCUT2D eigenvalue weighted by molar-refractivity contribution is 7.88. The Hall–Kier alpha value is -0.620. The Kier molecular flexibility index (Phi) is 3.88. The molecule has 1 aliphatic rings. The van der Waals surface area contributed by atoms with E-state index in [1.54, 1.807) is 6.41 Å². The molecule has 0 unspecified atom stereocenters. The lowest BCUT2D eigenvalue weighted by Gasteiger charge is -2.29. The summed E-state index contributed by atoms with van der Waals surface area (Å²) < 4.78 is 23.8. The Labute approximate surface area is 84.5 Å². The molecular weight excluding hydrogens is 204 g/mol. The Morgan fingerprint density at radius 2 is 2.00 bits per heavy atom. The molecule has 5 nitrogen and oxygen atoms in total. The molecule has 6 heteroatoms.